The zero-order valence-corrected chi connectivity index (χ0v) is 11.8. The first-order chi connectivity index (χ1) is 9.47. The Balaban J connectivity index is 2.25. The molecule has 5 nitrogen and oxygen atoms in total. The fourth-order valence-corrected chi connectivity index (χ4v) is 2.59. The largest absolute Gasteiger partial charge is 0.367 e. The SMILES string of the molecule is CC(C)N(CC1CCCN1)c1cc(F)cc([N+](=O)[O-])c1. The predicted molar refractivity (Wildman–Crippen MR) is 76.6 cm³/mol. The predicted octanol–water partition coefficient (Wildman–Crippen LogP) is 2.70. The molecule has 1 fully saturated rings. The fourth-order valence-electron chi connectivity index (χ4n) is 2.59. The number of nitrogens with zero attached hydrogens (tertiary/aromatic N) is 2. The lowest BCUT2D eigenvalue weighted by Gasteiger charge is -2.31. The number of nitro benzene ring substituents is 1. The summed E-state index contributed by atoms with van der Waals surface area (Å²) in [6.45, 7) is 5.75. The molecule has 1 aromatic rings. The van der Waals surface area contributed by atoms with Crippen LogP contribution in [-0.4, -0.2) is 30.1 Å². The van der Waals surface area contributed by atoms with Crippen LogP contribution in [0.5, 0.6) is 0 Å². The second-order valence-corrected chi connectivity index (χ2v) is 5.46. The molecule has 0 spiro atoms. The molecule has 6 heteroatoms. The van der Waals surface area contributed by atoms with E-state index in [9.17, 15) is 14.5 Å². The molecule has 110 valence electrons. The van der Waals surface area contributed by atoms with Crippen molar-refractivity contribution in [2.45, 2.75) is 38.8 Å². The monoisotopic (exact) mass is 281 g/mol. The smallest absolute Gasteiger partial charge is 0.274 e. The number of anilines is 1. The molecule has 1 atom stereocenters. The molecule has 0 amide bonds. The quantitative estimate of drug-likeness (QED) is 0.666. The summed E-state index contributed by atoms with van der Waals surface area (Å²) in [7, 11) is 0. The van der Waals surface area contributed by atoms with Crippen molar-refractivity contribution in [1.82, 2.24) is 5.32 Å². The van der Waals surface area contributed by atoms with Gasteiger partial charge in [0.05, 0.1) is 11.0 Å². The normalized spacial score (nSPS) is 18.5. The number of halogens is 1. The molecule has 0 aromatic heterocycles. The lowest BCUT2D eigenvalue weighted by molar-refractivity contribution is -0.385. The van der Waals surface area contributed by atoms with E-state index in [1.807, 2.05) is 18.7 Å². The maximum atomic E-state index is 13.6. The molecule has 1 heterocycles. The van der Waals surface area contributed by atoms with Crippen LogP contribution in [0.15, 0.2) is 18.2 Å². The Kier molecular flexibility index (Phi) is 4.54. The molecule has 0 saturated carbocycles. The van der Waals surface area contributed by atoms with Crippen molar-refractivity contribution in [3.8, 4) is 0 Å². The molecule has 20 heavy (non-hydrogen) atoms. The van der Waals surface area contributed by atoms with Gasteiger partial charge in [-0.3, -0.25) is 10.1 Å². The second-order valence-electron chi connectivity index (χ2n) is 5.46. The van der Waals surface area contributed by atoms with Gasteiger partial charge in [-0.05, 0) is 39.3 Å². The average molecular weight is 281 g/mol. The van der Waals surface area contributed by atoms with E-state index in [2.05, 4.69) is 5.32 Å². The summed E-state index contributed by atoms with van der Waals surface area (Å²) in [5, 5.41) is 14.2. The Hall–Kier alpha value is -1.69. The summed E-state index contributed by atoms with van der Waals surface area (Å²) in [6.07, 6.45) is 2.22. The average Bonchev–Trinajstić information content (AvgIpc) is 2.87. The molecule has 0 bridgehead atoms. The van der Waals surface area contributed by atoms with Gasteiger partial charge in [-0.2, -0.15) is 0 Å². The number of hydrogen-bond donors (Lipinski definition) is 1. The van der Waals surface area contributed by atoms with Crippen LogP contribution >= 0.6 is 0 Å². The van der Waals surface area contributed by atoms with Crippen LogP contribution in [0.2, 0.25) is 0 Å². The maximum Gasteiger partial charge on any atom is 0.274 e. The van der Waals surface area contributed by atoms with Crippen LogP contribution in [0.1, 0.15) is 26.7 Å². The van der Waals surface area contributed by atoms with E-state index in [1.165, 1.54) is 12.1 Å². The van der Waals surface area contributed by atoms with Crippen molar-refractivity contribution in [3.05, 3.63) is 34.1 Å². The zero-order valence-electron chi connectivity index (χ0n) is 11.8. The highest BCUT2D eigenvalue weighted by Gasteiger charge is 2.22. The third-order valence-electron chi connectivity index (χ3n) is 3.61. The lowest BCUT2D eigenvalue weighted by Crippen LogP contribution is -2.41. The number of nitrogens with one attached hydrogen (secondary N) is 1. The van der Waals surface area contributed by atoms with E-state index in [-0.39, 0.29) is 11.7 Å². The van der Waals surface area contributed by atoms with Crippen molar-refractivity contribution in [2.24, 2.45) is 0 Å². The van der Waals surface area contributed by atoms with Crippen molar-refractivity contribution in [3.63, 3.8) is 0 Å². The highest BCUT2D eigenvalue weighted by atomic mass is 19.1. The Labute approximate surface area is 117 Å². The number of rotatable bonds is 5. The van der Waals surface area contributed by atoms with Gasteiger partial charge in [-0.25, -0.2) is 4.39 Å². The minimum atomic E-state index is -0.570. The van der Waals surface area contributed by atoms with E-state index in [1.54, 1.807) is 0 Å². The van der Waals surface area contributed by atoms with Gasteiger partial charge in [0.15, 0.2) is 0 Å². The van der Waals surface area contributed by atoms with Crippen molar-refractivity contribution in [2.75, 3.05) is 18.0 Å². The van der Waals surface area contributed by atoms with E-state index >= 15 is 0 Å². The minimum Gasteiger partial charge on any atom is -0.367 e. The summed E-state index contributed by atoms with van der Waals surface area (Å²) in [5.74, 6) is -0.570. The third-order valence-corrected chi connectivity index (χ3v) is 3.61. The molecule has 1 N–H and O–H groups in total. The van der Waals surface area contributed by atoms with Gasteiger partial charge in [-0.15, -0.1) is 0 Å². The summed E-state index contributed by atoms with van der Waals surface area (Å²) in [6, 6.07) is 4.27. The highest BCUT2D eigenvalue weighted by molar-refractivity contribution is 5.54. The fraction of sp³-hybridized carbons (Fsp3) is 0.571. The first-order valence-electron chi connectivity index (χ1n) is 6.92. The summed E-state index contributed by atoms with van der Waals surface area (Å²) < 4.78 is 13.6. The standard InChI is InChI=1S/C14H20FN3O2/c1-10(2)17(9-12-4-3-5-16-12)13-6-11(15)7-14(8-13)18(19)20/h6-8,10,12,16H,3-5,9H2,1-2H3. The summed E-state index contributed by atoms with van der Waals surface area (Å²) in [4.78, 5) is 12.3. The van der Waals surface area contributed by atoms with Crippen LogP contribution in [0, 0.1) is 15.9 Å². The van der Waals surface area contributed by atoms with E-state index in [4.69, 9.17) is 0 Å². The molecule has 1 unspecified atom stereocenters. The topological polar surface area (TPSA) is 58.4 Å². The summed E-state index contributed by atoms with van der Waals surface area (Å²) >= 11 is 0. The molecule has 1 aromatic carbocycles. The molecule has 1 aliphatic rings. The molecule has 2 rings (SSSR count). The Morgan fingerprint density at radius 3 is 2.80 bits per heavy atom. The van der Waals surface area contributed by atoms with Crippen LogP contribution in [-0.2, 0) is 0 Å². The highest BCUT2D eigenvalue weighted by Crippen LogP contribution is 2.26. The van der Waals surface area contributed by atoms with Crippen LogP contribution in [0.3, 0.4) is 0 Å². The second kappa shape index (κ2) is 6.17. The van der Waals surface area contributed by atoms with Crippen molar-refractivity contribution in [1.29, 1.82) is 0 Å². The Morgan fingerprint density at radius 1 is 1.50 bits per heavy atom. The molecule has 0 aliphatic carbocycles. The van der Waals surface area contributed by atoms with Gasteiger partial charge < -0.3 is 10.2 Å². The number of benzene rings is 1. The van der Waals surface area contributed by atoms with Gasteiger partial charge in [0, 0.05) is 30.4 Å². The maximum absolute atomic E-state index is 13.6. The van der Waals surface area contributed by atoms with Gasteiger partial charge >= 0.3 is 0 Å². The molecule has 1 aliphatic heterocycles. The van der Waals surface area contributed by atoms with E-state index in [0.29, 0.717) is 11.7 Å². The number of nitro groups is 1. The molecular formula is C14H20FN3O2. The van der Waals surface area contributed by atoms with Crippen LogP contribution in [0.25, 0.3) is 0 Å². The molecular weight excluding hydrogens is 261 g/mol. The van der Waals surface area contributed by atoms with E-state index < -0.39 is 10.7 Å². The van der Waals surface area contributed by atoms with Gasteiger partial charge in [-0.1, -0.05) is 0 Å². The summed E-state index contributed by atoms with van der Waals surface area (Å²) in [5.41, 5.74) is 0.366. The zero-order chi connectivity index (χ0) is 14.7. The minimum absolute atomic E-state index is 0.152. The molecule has 1 saturated heterocycles. The van der Waals surface area contributed by atoms with Gasteiger partial charge in [0.1, 0.15) is 5.82 Å². The first-order valence-corrected chi connectivity index (χ1v) is 6.92. The van der Waals surface area contributed by atoms with Crippen molar-refractivity contribution >= 4 is 11.4 Å². The van der Waals surface area contributed by atoms with Gasteiger partial charge in [0.25, 0.3) is 5.69 Å². The van der Waals surface area contributed by atoms with Crippen LogP contribution < -0.4 is 10.2 Å². The first kappa shape index (κ1) is 14.7. The lowest BCUT2D eigenvalue weighted by atomic mass is 10.1. The van der Waals surface area contributed by atoms with E-state index in [0.717, 1.165) is 32.0 Å². The van der Waals surface area contributed by atoms with Gasteiger partial charge in [0.2, 0.25) is 0 Å². The third kappa shape index (κ3) is 3.45. The Morgan fingerprint density at radius 2 is 2.25 bits per heavy atom. The Bertz CT molecular complexity index is 487. The molecule has 0 radical (unpaired) electrons. The van der Waals surface area contributed by atoms with Crippen LogP contribution in [0.4, 0.5) is 15.8 Å². The number of non-ortho nitro benzene ring substituents is 1. The van der Waals surface area contributed by atoms with Crippen molar-refractivity contribution < 1.29 is 9.31 Å². The number of hydrogen-bond acceptors (Lipinski definition) is 4.